The Morgan fingerprint density at radius 1 is 1.35 bits per heavy atom. The van der Waals surface area contributed by atoms with Crippen molar-refractivity contribution in [2.45, 2.75) is 38.8 Å². The summed E-state index contributed by atoms with van der Waals surface area (Å²) in [6, 6.07) is 0. The van der Waals surface area contributed by atoms with Crippen LogP contribution in [0.4, 0.5) is 13.2 Å². The lowest BCUT2D eigenvalue weighted by Crippen LogP contribution is -2.38. The van der Waals surface area contributed by atoms with Crippen LogP contribution in [-0.2, 0) is 0 Å². The van der Waals surface area contributed by atoms with Gasteiger partial charge in [-0.2, -0.15) is 13.2 Å². The van der Waals surface area contributed by atoms with Crippen LogP contribution in [0.15, 0.2) is 0 Å². The smallest absolute Gasteiger partial charge is 0.316 e. The number of hydrogen-bond acceptors (Lipinski definition) is 2. The minimum atomic E-state index is -4.01. The lowest BCUT2D eigenvalue weighted by atomic mass is 9.99. The summed E-state index contributed by atoms with van der Waals surface area (Å²) in [4.78, 5) is 2.14. The second kappa shape index (κ2) is 7.21. The molecule has 0 aromatic rings. The first-order valence-corrected chi connectivity index (χ1v) is 6.51. The Morgan fingerprint density at radius 3 is 2.65 bits per heavy atom. The number of nitrogens with one attached hydrogen (secondary N) is 1. The third-order valence-electron chi connectivity index (χ3n) is 3.30. The van der Waals surface area contributed by atoms with Gasteiger partial charge in [0.25, 0.3) is 0 Å². The van der Waals surface area contributed by atoms with Crippen LogP contribution >= 0.6 is 0 Å². The van der Waals surface area contributed by atoms with Crippen LogP contribution in [-0.4, -0.2) is 43.8 Å². The molecule has 1 fully saturated rings. The fourth-order valence-corrected chi connectivity index (χ4v) is 2.33. The zero-order valence-corrected chi connectivity index (χ0v) is 10.5. The van der Waals surface area contributed by atoms with Crippen LogP contribution in [0.25, 0.3) is 0 Å². The van der Waals surface area contributed by atoms with Crippen molar-refractivity contribution in [2.75, 3.05) is 32.7 Å². The van der Waals surface area contributed by atoms with Crippen LogP contribution < -0.4 is 5.32 Å². The van der Waals surface area contributed by atoms with E-state index in [4.69, 9.17) is 0 Å². The van der Waals surface area contributed by atoms with Crippen LogP contribution in [0.5, 0.6) is 0 Å². The summed E-state index contributed by atoms with van der Waals surface area (Å²) >= 11 is 0. The van der Waals surface area contributed by atoms with Crippen molar-refractivity contribution in [3.05, 3.63) is 0 Å². The van der Waals surface area contributed by atoms with E-state index in [1.165, 1.54) is 12.8 Å². The molecule has 1 heterocycles. The fraction of sp³-hybridized carbons (Fsp3) is 1.00. The van der Waals surface area contributed by atoms with Crippen LogP contribution in [0.1, 0.15) is 32.6 Å². The number of nitrogens with zero attached hydrogens (tertiary/aromatic N) is 1. The molecule has 1 rings (SSSR count). The third-order valence-corrected chi connectivity index (χ3v) is 3.30. The van der Waals surface area contributed by atoms with Crippen LogP contribution in [0.3, 0.4) is 0 Å². The molecule has 1 atom stereocenters. The van der Waals surface area contributed by atoms with Gasteiger partial charge < -0.3 is 10.2 Å². The molecule has 0 bridgehead atoms. The van der Waals surface area contributed by atoms with Gasteiger partial charge in [0, 0.05) is 13.0 Å². The molecule has 0 spiro atoms. The summed E-state index contributed by atoms with van der Waals surface area (Å²) in [6.07, 6.45) is -2.07. The molecule has 0 aromatic heterocycles. The minimum Gasteiger partial charge on any atom is -0.316 e. The summed E-state index contributed by atoms with van der Waals surface area (Å²) in [5, 5.41) is 3.34. The summed E-state index contributed by atoms with van der Waals surface area (Å²) in [5.41, 5.74) is 0. The lowest BCUT2D eigenvalue weighted by molar-refractivity contribution is -0.136. The topological polar surface area (TPSA) is 15.3 Å². The highest BCUT2D eigenvalue weighted by Gasteiger charge is 2.26. The quantitative estimate of drug-likeness (QED) is 0.782. The Labute approximate surface area is 102 Å². The highest BCUT2D eigenvalue weighted by atomic mass is 19.4. The SMILES string of the molecule is CCN(CCCC(F)(F)F)CC1CCCNC1. The second-order valence-electron chi connectivity index (χ2n) is 4.82. The first-order valence-electron chi connectivity index (χ1n) is 6.51. The van der Waals surface area contributed by atoms with Gasteiger partial charge >= 0.3 is 6.18 Å². The first kappa shape index (κ1) is 14.8. The van der Waals surface area contributed by atoms with E-state index < -0.39 is 12.6 Å². The van der Waals surface area contributed by atoms with Gasteiger partial charge in [0.2, 0.25) is 0 Å². The van der Waals surface area contributed by atoms with Crippen molar-refractivity contribution in [2.24, 2.45) is 5.92 Å². The second-order valence-corrected chi connectivity index (χ2v) is 4.82. The Balaban J connectivity index is 2.18. The zero-order valence-electron chi connectivity index (χ0n) is 10.5. The Morgan fingerprint density at radius 2 is 2.12 bits per heavy atom. The average molecular weight is 252 g/mol. The van der Waals surface area contributed by atoms with Gasteiger partial charge in [0.1, 0.15) is 0 Å². The summed E-state index contributed by atoms with van der Waals surface area (Å²) < 4.78 is 36.1. The number of piperidine rings is 1. The average Bonchev–Trinajstić information content (AvgIpc) is 2.27. The maximum absolute atomic E-state index is 12.0. The van der Waals surface area contributed by atoms with Gasteiger partial charge in [-0.05, 0) is 51.4 Å². The van der Waals surface area contributed by atoms with E-state index in [1.807, 2.05) is 6.92 Å². The van der Waals surface area contributed by atoms with Crippen molar-refractivity contribution >= 4 is 0 Å². The third kappa shape index (κ3) is 6.88. The first-order chi connectivity index (χ1) is 8.01. The molecule has 1 aliphatic rings. The Hall–Kier alpha value is -0.290. The molecule has 1 unspecified atom stereocenters. The van der Waals surface area contributed by atoms with E-state index in [0.717, 1.165) is 26.2 Å². The number of rotatable bonds is 6. The van der Waals surface area contributed by atoms with Gasteiger partial charge in [-0.1, -0.05) is 6.92 Å². The molecule has 0 amide bonds. The maximum atomic E-state index is 12.0. The molecule has 102 valence electrons. The zero-order chi connectivity index (χ0) is 12.7. The van der Waals surface area contributed by atoms with Gasteiger partial charge in [-0.15, -0.1) is 0 Å². The standard InChI is InChI=1S/C12H23F3N2/c1-2-17(8-4-6-12(13,14)15)10-11-5-3-7-16-9-11/h11,16H,2-10H2,1H3. The van der Waals surface area contributed by atoms with Crippen molar-refractivity contribution in [1.29, 1.82) is 0 Å². The van der Waals surface area contributed by atoms with Gasteiger partial charge in [-0.3, -0.25) is 0 Å². The lowest BCUT2D eigenvalue weighted by Gasteiger charge is -2.29. The number of alkyl halides is 3. The van der Waals surface area contributed by atoms with E-state index in [0.29, 0.717) is 12.5 Å². The molecule has 0 aliphatic carbocycles. The summed E-state index contributed by atoms with van der Waals surface area (Å²) in [5.74, 6) is 0.606. The minimum absolute atomic E-state index is 0.220. The van der Waals surface area contributed by atoms with Crippen LogP contribution in [0, 0.1) is 5.92 Å². The molecule has 1 aliphatic heterocycles. The number of halogens is 3. The molecular weight excluding hydrogens is 229 g/mol. The van der Waals surface area contributed by atoms with Crippen molar-refractivity contribution in [3.63, 3.8) is 0 Å². The highest BCUT2D eigenvalue weighted by Crippen LogP contribution is 2.21. The van der Waals surface area contributed by atoms with E-state index in [2.05, 4.69) is 10.2 Å². The van der Waals surface area contributed by atoms with Crippen molar-refractivity contribution in [1.82, 2.24) is 10.2 Å². The largest absolute Gasteiger partial charge is 0.389 e. The molecule has 1 saturated heterocycles. The van der Waals surface area contributed by atoms with E-state index >= 15 is 0 Å². The van der Waals surface area contributed by atoms with E-state index in [9.17, 15) is 13.2 Å². The molecule has 0 radical (unpaired) electrons. The molecule has 2 nitrogen and oxygen atoms in total. The predicted molar refractivity (Wildman–Crippen MR) is 63.0 cm³/mol. The summed E-state index contributed by atoms with van der Waals surface area (Å²) in [7, 11) is 0. The monoisotopic (exact) mass is 252 g/mol. The molecule has 0 saturated carbocycles. The maximum Gasteiger partial charge on any atom is 0.389 e. The van der Waals surface area contributed by atoms with Crippen molar-refractivity contribution < 1.29 is 13.2 Å². The normalized spacial score (nSPS) is 22.1. The molecule has 1 N–H and O–H groups in total. The van der Waals surface area contributed by atoms with Gasteiger partial charge in [-0.25, -0.2) is 0 Å². The predicted octanol–water partition coefficient (Wildman–Crippen LogP) is 2.65. The molecular formula is C12H23F3N2. The fourth-order valence-electron chi connectivity index (χ4n) is 2.33. The van der Waals surface area contributed by atoms with Crippen LogP contribution in [0.2, 0.25) is 0 Å². The summed E-state index contributed by atoms with van der Waals surface area (Å²) in [6.45, 7) is 6.44. The Kier molecular flexibility index (Phi) is 6.27. The highest BCUT2D eigenvalue weighted by molar-refractivity contribution is 4.72. The molecule has 5 heteroatoms. The Bertz CT molecular complexity index is 200. The van der Waals surface area contributed by atoms with E-state index in [1.54, 1.807) is 0 Å². The molecule has 17 heavy (non-hydrogen) atoms. The van der Waals surface area contributed by atoms with Gasteiger partial charge in [0.15, 0.2) is 0 Å². The van der Waals surface area contributed by atoms with Crippen molar-refractivity contribution in [3.8, 4) is 0 Å². The number of hydrogen-bond donors (Lipinski definition) is 1. The molecule has 0 aromatic carbocycles. The van der Waals surface area contributed by atoms with Gasteiger partial charge in [0.05, 0.1) is 0 Å². The van der Waals surface area contributed by atoms with E-state index in [-0.39, 0.29) is 6.42 Å².